The fourth-order valence-electron chi connectivity index (χ4n) is 2.05. The molecule has 0 spiro atoms. The molecule has 88 valence electrons. The monoisotopic (exact) mass is 213 g/mol. The Morgan fingerprint density at radius 1 is 1.27 bits per heavy atom. The maximum atomic E-state index is 11.9. The van der Waals surface area contributed by atoms with Crippen LogP contribution in [0.15, 0.2) is 0 Å². The van der Waals surface area contributed by atoms with Crippen LogP contribution in [-0.4, -0.2) is 48.6 Å². The number of rotatable bonds is 2. The summed E-state index contributed by atoms with van der Waals surface area (Å²) < 4.78 is 0. The summed E-state index contributed by atoms with van der Waals surface area (Å²) in [6, 6.07) is 0.845. The number of hydrogen-bond acceptors (Lipinski definition) is 2. The maximum Gasteiger partial charge on any atom is 0.319 e. The minimum Gasteiger partial charge on any atom is -0.328 e. The molecule has 0 aromatic heterocycles. The van der Waals surface area contributed by atoms with Crippen molar-refractivity contribution >= 4 is 6.03 Å². The van der Waals surface area contributed by atoms with Crippen LogP contribution in [0.4, 0.5) is 4.79 Å². The van der Waals surface area contributed by atoms with Gasteiger partial charge >= 0.3 is 6.03 Å². The average molecular weight is 213 g/mol. The van der Waals surface area contributed by atoms with Gasteiger partial charge in [-0.25, -0.2) is 4.79 Å². The highest BCUT2D eigenvalue weighted by molar-refractivity contribution is 5.74. The first-order chi connectivity index (χ1) is 7.06. The van der Waals surface area contributed by atoms with Gasteiger partial charge in [0.2, 0.25) is 0 Å². The molecular weight excluding hydrogens is 190 g/mol. The van der Waals surface area contributed by atoms with Gasteiger partial charge in [-0.05, 0) is 32.6 Å². The van der Waals surface area contributed by atoms with Gasteiger partial charge < -0.3 is 15.5 Å². The molecule has 0 atom stereocenters. The molecule has 0 unspecified atom stereocenters. The summed E-state index contributed by atoms with van der Waals surface area (Å²) in [5.74, 6) is 0. The molecule has 1 fully saturated rings. The maximum absolute atomic E-state index is 11.9. The van der Waals surface area contributed by atoms with Gasteiger partial charge in [0.1, 0.15) is 0 Å². The molecule has 15 heavy (non-hydrogen) atoms. The molecule has 0 aromatic carbocycles. The standard InChI is InChI=1S/C11H23N3O/c1-4-13(2)11(15)14(3)10-7-5-9(12)6-8-10/h9-10H,4-8,12H2,1-3H3. The summed E-state index contributed by atoms with van der Waals surface area (Å²) in [6.07, 6.45) is 4.16. The quantitative estimate of drug-likeness (QED) is 0.750. The topological polar surface area (TPSA) is 49.6 Å². The summed E-state index contributed by atoms with van der Waals surface area (Å²) in [6.45, 7) is 2.75. The predicted molar refractivity (Wildman–Crippen MR) is 61.7 cm³/mol. The van der Waals surface area contributed by atoms with Crippen LogP contribution in [0.2, 0.25) is 0 Å². The Labute approximate surface area is 92.4 Å². The summed E-state index contributed by atoms with van der Waals surface area (Å²) in [7, 11) is 3.74. The molecular formula is C11H23N3O. The SMILES string of the molecule is CCN(C)C(=O)N(C)C1CCC(N)CC1. The summed E-state index contributed by atoms with van der Waals surface area (Å²) in [5.41, 5.74) is 5.85. The lowest BCUT2D eigenvalue weighted by Gasteiger charge is -2.35. The minimum absolute atomic E-state index is 0.123. The van der Waals surface area contributed by atoms with Crippen LogP contribution in [0.3, 0.4) is 0 Å². The van der Waals surface area contributed by atoms with Crippen LogP contribution in [0.1, 0.15) is 32.6 Å². The van der Waals surface area contributed by atoms with Crippen molar-refractivity contribution in [3.05, 3.63) is 0 Å². The van der Waals surface area contributed by atoms with Gasteiger partial charge in [-0.15, -0.1) is 0 Å². The number of carbonyl (C=O) groups is 1. The normalized spacial score (nSPS) is 26.1. The van der Waals surface area contributed by atoms with Crippen LogP contribution < -0.4 is 5.73 Å². The van der Waals surface area contributed by atoms with E-state index in [4.69, 9.17) is 5.73 Å². The first kappa shape index (κ1) is 12.3. The second kappa shape index (κ2) is 5.35. The van der Waals surface area contributed by atoms with E-state index in [2.05, 4.69) is 0 Å². The lowest BCUT2D eigenvalue weighted by atomic mass is 9.91. The third-order valence-corrected chi connectivity index (χ3v) is 3.39. The number of nitrogens with two attached hydrogens (primary N) is 1. The van der Waals surface area contributed by atoms with Crippen molar-refractivity contribution in [2.45, 2.75) is 44.7 Å². The lowest BCUT2D eigenvalue weighted by molar-refractivity contribution is 0.142. The van der Waals surface area contributed by atoms with Crippen molar-refractivity contribution in [2.24, 2.45) is 5.73 Å². The van der Waals surface area contributed by atoms with E-state index in [0.29, 0.717) is 12.1 Å². The minimum atomic E-state index is 0.123. The average Bonchev–Trinajstić information content (AvgIpc) is 2.27. The van der Waals surface area contributed by atoms with Gasteiger partial charge in [0.05, 0.1) is 0 Å². The second-order valence-corrected chi connectivity index (χ2v) is 4.48. The molecule has 1 saturated carbocycles. The first-order valence-corrected chi connectivity index (χ1v) is 5.79. The fourth-order valence-corrected chi connectivity index (χ4v) is 2.05. The van der Waals surface area contributed by atoms with Gasteiger partial charge in [-0.2, -0.15) is 0 Å². The van der Waals surface area contributed by atoms with Crippen molar-refractivity contribution in [2.75, 3.05) is 20.6 Å². The fraction of sp³-hybridized carbons (Fsp3) is 0.909. The summed E-state index contributed by atoms with van der Waals surface area (Å²) in [5, 5.41) is 0. The van der Waals surface area contributed by atoms with Crippen molar-refractivity contribution in [1.29, 1.82) is 0 Å². The number of nitrogens with zero attached hydrogens (tertiary/aromatic N) is 2. The van der Waals surface area contributed by atoms with E-state index in [9.17, 15) is 4.79 Å². The Kier molecular flexibility index (Phi) is 4.39. The third-order valence-electron chi connectivity index (χ3n) is 3.39. The highest BCUT2D eigenvalue weighted by Gasteiger charge is 2.25. The highest BCUT2D eigenvalue weighted by atomic mass is 16.2. The molecule has 1 aliphatic carbocycles. The largest absolute Gasteiger partial charge is 0.328 e. The van der Waals surface area contributed by atoms with Gasteiger partial charge in [0.15, 0.2) is 0 Å². The molecule has 0 aromatic rings. The van der Waals surface area contributed by atoms with Crippen LogP contribution in [0.5, 0.6) is 0 Å². The summed E-state index contributed by atoms with van der Waals surface area (Å²) in [4.78, 5) is 15.5. The molecule has 0 aliphatic heterocycles. The Bertz CT molecular complexity index is 212. The van der Waals surface area contributed by atoms with Crippen LogP contribution in [0.25, 0.3) is 0 Å². The van der Waals surface area contributed by atoms with E-state index in [0.717, 1.165) is 32.2 Å². The van der Waals surface area contributed by atoms with E-state index in [1.807, 2.05) is 25.9 Å². The second-order valence-electron chi connectivity index (χ2n) is 4.48. The molecule has 0 radical (unpaired) electrons. The zero-order chi connectivity index (χ0) is 11.4. The lowest BCUT2D eigenvalue weighted by Crippen LogP contribution is -2.46. The number of carbonyl (C=O) groups excluding carboxylic acids is 1. The van der Waals surface area contributed by atoms with Crippen LogP contribution in [0, 0.1) is 0 Å². The van der Waals surface area contributed by atoms with Gasteiger partial charge in [0.25, 0.3) is 0 Å². The van der Waals surface area contributed by atoms with E-state index in [1.54, 1.807) is 4.90 Å². The van der Waals surface area contributed by atoms with E-state index < -0.39 is 0 Å². The number of amides is 2. The molecule has 0 bridgehead atoms. The molecule has 1 rings (SSSR count). The molecule has 1 aliphatic rings. The molecule has 4 nitrogen and oxygen atoms in total. The Hall–Kier alpha value is -0.770. The first-order valence-electron chi connectivity index (χ1n) is 5.79. The van der Waals surface area contributed by atoms with Crippen molar-refractivity contribution in [3.8, 4) is 0 Å². The number of hydrogen-bond donors (Lipinski definition) is 1. The Morgan fingerprint density at radius 3 is 2.27 bits per heavy atom. The molecule has 4 heteroatoms. The van der Waals surface area contributed by atoms with E-state index >= 15 is 0 Å². The Balaban J connectivity index is 2.46. The van der Waals surface area contributed by atoms with Crippen LogP contribution in [-0.2, 0) is 0 Å². The molecule has 2 N–H and O–H groups in total. The summed E-state index contributed by atoms with van der Waals surface area (Å²) >= 11 is 0. The van der Waals surface area contributed by atoms with E-state index in [-0.39, 0.29) is 6.03 Å². The molecule has 0 saturated heterocycles. The third kappa shape index (κ3) is 3.09. The Morgan fingerprint density at radius 2 is 1.80 bits per heavy atom. The predicted octanol–water partition coefficient (Wildman–Crippen LogP) is 1.26. The van der Waals surface area contributed by atoms with Gasteiger partial charge in [0, 0.05) is 32.7 Å². The van der Waals surface area contributed by atoms with E-state index in [1.165, 1.54) is 0 Å². The van der Waals surface area contributed by atoms with Gasteiger partial charge in [-0.3, -0.25) is 0 Å². The zero-order valence-corrected chi connectivity index (χ0v) is 10.1. The highest BCUT2D eigenvalue weighted by Crippen LogP contribution is 2.21. The zero-order valence-electron chi connectivity index (χ0n) is 10.1. The molecule has 2 amide bonds. The number of urea groups is 1. The molecule has 0 heterocycles. The van der Waals surface area contributed by atoms with Crippen molar-refractivity contribution in [1.82, 2.24) is 9.80 Å². The van der Waals surface area contributed by atoms with Crippen molar-refractivity contribution in [3.63, 3.8) is 0 Å². The van der Waals surface area contributed by atoms with Crippen LogP contribution >= 0.6 is 0 Å². The van der Waals surface area contributed by atoms with Gasteiger partial charge in [-0.1, -0.05) is 0 Å². The van der Waals surface area contributed by atoms with Crippen molar-refractivity contribution < 1.29 is 4.79 Å². The smallest absolute Gasteiger partial charge is 0.319 e.